The van der Waals surface area contributed by atoms with Crippen molar-refractivity contribution in [1.82, 2.24) is 0 Å². The summed E-state index contributed by atoms with van der Waals surface area (Å²) in [6, 6.07) is 0. The molecule has 2 radical (unpaired) electrons. The summed E-state index contributed by atoms with van der Waals surface area (Å²) < 4.78 is 0. The van der Waals surface area contributed by atoms with Gasteiger partial charge in [0.05, 0.1) is 13.2 Å². The van der Waals surface area contributed by atoms with E-state index in [1.54, 1.807) is 0 Å². The molecule has 2 atom stereocenters. The molecule has 0 aromatic rings. The smallest absolute Gasteiger partial charge is 0.334 e. The first-order valence-corrected chi connectivity index (χ1v) is 3.40. The van der Waals surface area contributed by atoms with E-state index in [1.807, 2.05) is 0 Å². The number of aliphatic hydroxyl groups is 4. The predicted octanol–water partition coefficient (Wildman–Crippen LogP) is -3.53. The Morgan fingerprint density at radius 3 is 1.07 bits per heavy atom. The van der Waals surface area contributed by atoms with Crippen molar-refractivity contribution >= 4 is 49.7 Å². The zero-order valence-corrected chi connectivity index (χ0v) is 9.98. The van der Waals surface area contributed by atoms with Gasteiger partial charge >= 0.3 is 11.9 Å². The van der Waals surface area contributed by atoms with E-state index in [2.05, 4.69) is 0 Å². The van der Waals surface area contributed by atoms with Gasteiger partial charge in [0, 0.05) is 37.7 Å². The van der Waals surface area contributed by atoms with Crippen LogP contribution in [0.3, 0.4) is 0 Å². The van der Waals surface area contributed by atoms with Crippen LogP contribution >= 0.6 is 0 Å². The Hall–Kier alpha value is 0.0397. The molecule has 15 heavy (non-hydrogen) atoms. The summed E-state index contributed by atoms with van der Waals surface area (Å²) in [5.74, 6) is -2.80. The van der Waals surface area contributed by atoms with Gasteiger partial charge in [-0.25, -0.2) is 9.59 Å². The van der Waals surface area contributed by atoms with Gasteiger partial charge in [-0.2, -0.15) is 0 Å². The minimum Gasteiger partial charge on any atom is -0.479 e. The number of hydrogen-bond acceptors (Lipinski definition) is 6. The van der Waals surface area contributed by atoms with Crippen molar-refractivity contribution in [2.45, 2.75) is 12.2 Å². The third kappa shape index (κ3) is 14.0. The van der Waals surface area contributed by atoms with Crippen LogP contribution in [0.5, 0.6) is 0 Å². The molecular weight excluding hydrogens is 240 g/mol. The molecule has 0 saturated heterocycles. The van der Waals surface area contributed by atoms with Gasteiger partial charge in [0.15, 0.2) is 12.2 Å². The minimum atomic E-state index is -1.63. The zero-order valence-electron chi connectivity index (χ0n) is 7.78. The molecule has 0 aromatic heterocycles. The van der Waals surface area contributed by atoms with Crippen molar-refractivity contribution < 1.29 is 40.2 Å². The van der Waals surface area contributed by atoms with E-state index >= 15 is 0 Å². The fourth-order valence-electron chi connectivity index (χ4n) is 0.156. The van der Waals surface area contributed by atoms with Gasteiger partial charge in [0.2, 0.25) is 0 Å². The second-order valence-electron chi connectivity index (χ2n) is 2.07. The van der Waals surface area contributed by atoms with E-state index in [1.165, 1.54) is 0 Å². The first-order chi connectivity index (χ1) is 6.36. The maximum Gasteiger partial charge on any atom is 0.334 e. The standard InChI is InChI=1S/2C3H6O4.Ca/c2*4-1-2(5)3(6)7;/h2*2,4-5H,1H2,(H,6,7);/t2*2-;/m11./s1. The van der Waals surface area contributed by atoms with Gasteiger partial charge in [-0.1, -0.05) is 0 Å². The summed E-state index contributed by atoms with van der Waals surface area (Å²) >= 11 is 0. The number of rotatable bonds is 4. The van der Waals surface area contributed by atoms with Crippen LogP contribution in [0.4, 0.5) is 0 Å². The van der Waals surface area contributed by atoms with Gasteiger partial charge in [0.25, 0.3) is 0 Å². The molecule has 0 fully saturated rings. The molecule has 0 amide bonds. The van der Waals surface area contributed by atoms with Crippen LogP contribution in [0.1, 0.15) is 0 Å². The summed E-state index contributed by atoms with van der Waals surface area (Å²) in [6.07, 6.45) is -3.25. The maximum atomic E-state index is 9.52. The van der Waals surface area contributed by atoms with E-state index in [9.17, 15) is 9.59 Å². The third-order valence-electron chi connectivity index (χ3n) is 0.916. The fourth-order valence-corrected chi connectivity index (χ4v) is 0.156. The molecule has 8 nitrogen and oxygen atoms in total. The molecule has 0 saturated carbocycles. The molecule has 0 aliphatic heterocycles. The van der Waals surface area contributed by atoms with Crippen LogP contribution < -0.4 is 0 Å². The molecule has 0 heterocycles. The first kappa shape index (κ1) is 20.5. The van der Waals surface area contributed by atoms with Gasteiger partial charge < -0.3 is 30.6 Å². The summed E-state index contributed by atoms with van der Waals surface area (Å²) in [6.45, 7) is -1.45. The normalized spacial score (nSPS) is 12.5. The summed E-state index contributed by atoms with van der Waals surface area (Å²) in [7, 11) is 0. The molecule has 0 aromatic carbocycles. The van der Waals surface area contributed by atoms with Crippen molar-refractivity contribution in [2.75, 3.05) is 13.2 Å². The average molecular weight is 252 g/mol. The molecular formula is C6H12CaO8. The summed E-state index contributed by atoms with van der Waals surface area (Å²) in [4.78, 5) is 19.0. The summed E-state index contributed by atoms with van der Waals surface area (Å²) in [5.41, 5.74) is 0. The largest absolute Gasteiger partial charge is 0.479 e. The number of carboxylic acids is 2. The molecule has 9 heteroatoms. The van der Waals surface area contributed by atoms with Crippen LogP contribution in [0.2, 0.25) is 0 Å². The second-order valence-corrected chi connectivity index (χ2v) is 2.07. The Morgan fingerprint density at radius 1 is 0.867 bits per heavy atom. The van der Waals surface area contributed by atoms with Crippen LogP contribution in [-0.2, 0) is 9.59 Å². The molecule has 0 aliphatic carbocycles. The molecule has 0 rings (SSSR count). The fraction of sp³-hybridized carbons (Fsp3) is 0.667. The van der Waals surface area contributed by atoms with Crippen molar-refractivity contribution in [3.63, 3.8) is 0 Å². The van der Waals surface area contributed by atoms with E-state index in [-0.39, 0.29) is 37.7 Å². The van der Waals surface area contributed by atoms with E-state index < -0.39 is 37.4 Å². The Labute approximate surface area is 115 Å². The van der Waals surface area contributed by atoms with E-state index in [0.29, 0.717) is 0 Å². The minimum absolute atomic E-state index is 0. The van der Waals surface area contributed by atoms with Crippen molar-refractivity contribution in [3.05, 3.63) is 0 Å². The molecule has 0 unspecified atom stereocenters. The SMILES string of the molecule is O=C(O)[C@H](O)CO.O=C(O)[C@H](O)CO.[Ca]. The van der Waals surface area contributed by atoms with Crippen LogP contribution in [0, 0.1) is 0 Å². The Kier molecular flexibility index (Phi) is 16.5. The third-order valence-corrected chi connectivity index (χ3v) is 0.916. The number of carboxylic acid groups (broad SMARTS) is 2. The molecule has 0 spiro atoms. The number of aliphatic hydroxyl groups excluding tert-OH is 4. The zero-order chi connectivity index (χ0) is 11.7. The van der Waals surface area contributed by atoms with E-state index in [0.717, 1.165) is 0 Å². The Bertz CT molecular complexity index is 164. The Balaban J connectivity index is -0.000000180. The van der Waals surface area contributed by atoms with Gasteiger partial charge in [-0.15, -0.1) is 0 Å². The Morgan fingerprint density at radius 2 is 1.07 bits per heavy atom. The van der Waals surface area contributed by atoms with Crippen LogP contribution in [0.25, 0.3) is 0 Å². The van der Waals surface area contributed by atoms with Gasteiger partial charge in [0.1, 0.15) is 0 Å². The van der Waals surface area contributed by atoms with Gasteiger partial charge in [-0.05, 0) is 0 Å². The molecule has 0 bridgehead atoms. The van der Waals surface area contributed by atoms with Gasteiger partial charge in [-0.3, -0.25) is 0 Å². The topological polar surface area (TPSA) is 156 Å². The number of aliphatic carboxylic acids is 2. The average Bonchev–Trinajstić information content (AvgIpc) is 2.15. The maximum absolute atomic E-state index is 9.52. The molecule has 0 aliphatic rings. The first-order valence-electron chi connectivity index (χ1n) is 3.40. The van der Waals surface area contributed by atoms with E-state index in [4.69, 9.17) is 30.6 Å². The summed E-state index contributed by atoms with van der Waals surface area (Å²) in [5, 5.41) is 47.5. The van der Waals surface area contributed by atoms with Crippen molar-refractivity contribution in [2.24, 2.45) is 0 Å². The quantitative estimate of drug-likeness (QED) is 0.281. The molecule has 6 N–H and O–H groups in total. The monoisotopic (exact) mass is 252 g/mol. The predicted molar refractivity (Wildman–Crippen MR) is 47.2 cm³/mol. The number of carbonyl (C=O) groups is 2. The second kappa shape index (κ2) is 12.1. The van der Waals surface area contributed by atoms with Crippen LogP contribution in [0.15, 0.2) is 0 Å². The van der Waals surface area contributed by atoms with Crippen LogP contribution in [-0.4, -0.2) is 106 Å². The van der Waals surface area contributed by atoms with Crippen molar-refractivity contribution in [3.8, 4) is 0 Å². The molecule has 86 valence electrons. The number of hydrogen-bond donors (Lipinski definition) is 6. The van der Waals surface area contributed by atoms with Crippen molar-refractivity contribution in [1.29, 1.82) is 0 Å².